The molecule has 5 heteroatoms. The van der Waals surface area contributed by atoms with Gasteiger partial charge in [-0.2, -0.15) is 0 Å². The van der Waals surface area contributed by atoms with Crippen LogP contribution in [0.5, 0.6) is 0 Å². The SMILES string of the molecule is C=C(CN1Cc2c(ccc3ccc(-c4cccc(SC)c4)cc23)C1=O)C(N)=O. The van der Waals surface area contributed by atoms with Gasteiger partial charge in [0.2, 0.25) is 5.91 Å². The third kappa shape index (κ3) is 3.18. The molecule has 1 heterocycles. The molecule has 0 aromatic heterocycles. The van der Waals surface area contributed by atoms with E-state index in [-0.39, 0.29) is 18.0 Å². The van der Waals surface area contributed by atoms with Crippen molar-refractivity contribution < 1.29 is 9.59 Å². The van der Waals surface area contributed by atoms with E-state index in [0.717, 1.165) is 27.5 Å². The van der Waals surface area contributed by atoms with E-state index < -0.39 is 5.91 Å². The van der Waals surface area contributed by atoms with Crippen LogP contribution < -0.4 is 5.73 Å². The van der Waals surface area contributed by atoms with E-state index in [1.807, 2.05) is 12.1 Å². The summed E-state index contributed by atoms with van der Waals surface area (Å²) >= 11 is 1.71. The molecule has 0 fully saturated rings. The number of carbonyl (C=O) groups is 2. The number of hydrogen-bond acceptors (Lipinski definition) is 3. The van der Waals surface area contributed by atoms with Crippen LogP contribution in [0.1, 0.15) is 15.9 Å². The highest BCUT2D eigenvalue weighted by molar-refractivity contribution is 7.98. The maximum atomic E-state index is 12.8. The molecule has 28 heavy (non-hydrogen) atoms. The number of hydrogen-bond donors (Lipinski definition) is 1. The van der Waals surface area contributed by atoms with Crippen molar-refractivity contribution in [2.75, 3.05) is 12.8 Å². The van der Waals surface area contributed by atoms with E-state index in [1.54, 1.807) is 16.7 Å². The molecule has 4 rings (SSSR count). The number of amides is 2. The molecule has 0 spiro atoms. The summed E-state index contributed by atoms with van der Waals surface area (Å²) in [5, 5.41) is 2.15. The number of rotatable bonds is 5. The zero-order valence-corrected chi connectivity index (χ0v) is 16.4. The molecule has 0 aliphatic carbocycles. The molecule has 1 aliphatic heterocycles. The number of thioether (sulfide) groups is 1. The fraction of sp³-hybridized carbons (Fsp3) is 0.130. The molecule has 2 N–H and O–H groups in total. The van der Waals surface area contributed by atoms with Crippen LogP contribution >= 0.6 is 11.8 Å². The van der Waals surface area contributed by atoms with Crippen molar-refractivity contribution in [2.24, 2.45) is 5.73 Å². The van der Waals surface area contributed by atoms with Gasteiger partial charge in [0.25, 0.3) is 5.91 Å². The lowest BCUT2D eigenvalue weighted by Gasteiger charge is -2.15. The van der Waals surface area contributed by atoms with Gasteiger partial charge in [-0.25, -0.2) is 0 Å². The molecule has 4 nitrogen and oxygen atoms in total. The van der Waals surface area contributed by atoms with Crippen LogP contribution in [-0.4, -0.2) is 29.5 Å². The van der Waals surface area contributed by atoms with Crippen LogP contribution in [0.25, 0.3) is 21.9 Å². The van der Waals surface area contributed by atoms with Gasteiger partial charge in [-0.15, -0.1) is 11.8 Å². The van der Waals surface area contributed by atoms with E-state index in [2.05, 4.69) is 55.3 Å². The Hall–Kier alpha value is -3.05. The first-order valence-corrected chi connectivity index (χ1v) is 10.2. The summed E-state index contributed by atoms with van der Waals surface area (Å²) < 4.78 is 0. The molecule has 0 unspecified atom stereocenters. The fourth-order valence-corrected chi connectivity index (χ4v) is 4.06. The predicted octanol–water partition coefficient (Wildman–Crippen LogP) is 4.23. The van der Waals surface area contributed by atoms with Gasteiger partial charge in [-0.05, 0) is 58.0 Å². The van der Waals surface area contributed by atoms with Gasteiger partial charge in [0.1, 0.15) is 0 Å². The minimum Gasteiger partial charge on any atom is -0.366 e. The lowest BCUT2D eigenvalue weighted by Crippen LogP contribution is -2.30. The quantitative estimate of drug-likeness (QED) is 0.526. The Balaban J connectivity index is 1.76. The highest BCUT2D eigenvalue weighted by Gasteiger charge is 2.29. The average Bonchev–Trinajstić information content (AvgIpc) is 3.03. The fourth-order valence-electron chi connectivity index (χ4n) is 3.60. The number of carbonyl (C=O) groups excluding carboxylic acids is 2. The molecule has 0 radical (unpaired) electrons. The molecule has 3 aromatic carbocycles. The Bertz CT molecular complexity index is 1140. The zero-order valence-electron chi connectivity index (χ0n) is 15.6. The second-order valence-corrected chi connectivity index (χ2v) is 7.77. The van der Waals surface area contributed by atoms with E-state index in [9.17, 15) is 9.59 Å². The van der Waals surface area contributed by atoms with E-state index in [4.69, 9.17) is 5.73 Å². The van der Waals surface area contributed by atoms with Crippen molar-refractivity contribution in [3.05, 3.63) is 77.9 Å². The largest absolute Gasteiger partial charge is 0.366 e. The molecule has 0 bridgehead atoms. The molecule has 0 saturated carbocycles. The molecule has 140 valence electrons. The number of benzene rings is 3. The van der Waals surface area contributed by atoms with E-state index >= 15 is 0 Å². The Morgan fingerprint density at radius 3 is 2.64 bits per heavy atom. The van der Waals surface area contributed by atoms with E-state index in [1.165, 1.54) is 4.90 Å². The van der Waals surface area contributed by atoms with Crippen molar-refractivity contribution in [2.45, 2.75) is 11.4 Å². The van der Waals surface area contributed by atoms with Crippen molar-refractivity contribution in [3.8, 4) is 11.1 Å². The third-order valence-corrected chi connectivity index (χ3v) is 5.86. The Morgan fingerprint density at radius 1 is 1.14 bits per heavy atom. The summed E-state index contributed by atoms with van der Waals surface area (Å²) in [7, 11) is 0. The Morgan fingerprint density at radius 2 is 1.89 bits per heavy atom. The van der Waals surface area contributed by atoms with Gasteiger partial charge >= 0.3 is 0 Å². The predicted molar refractivity (Wildman–Crippen MR) is 114 cm³/mol. The van der Waals surface area contributed by atoms with Gasteiger partial charge in [0.15, 0.2) is 0 Å². The van der Waals surface area contributed by atoms with Crippen LogP contribution in [0.4, 0.5) is 0 Å². The smallest absolute Gasteiger partial charge is 0.254 e. The van der Waals surface area contributed by atoms with Gasteiger partial charge in [0.05, 0.1) is 6.54 Å². The lowest BCUT2D eigenvalue weighted by atomic mass is 9.96. The average molecular weight is 388 g/mol. The molecule has 0 saturated heterocycles. The number of fused-ring (bicyclic) bond motifs is 3. The summed E-state index contributed by atoms with van der Waals surface area (Å²) in [6.07, 6.45) is 2.06. The second-order valence-electron chi connectivity index (χ2n) is 6.89. The zero-order chi connectivity index (χ0) is 19.8. The molecule has 2 amide bonds. The standard InChI is InChI=1S/C23H20N2O2S/c1-14(22(24)26)12-25-13-21-19(23(25)27)9-8-15-6-7-17(11-20(15)21)16-4-3-5-18(10-16)28-2/h3-11H,1,12-13H2,2H3,(H2,24,26). The Kier molecular flexibility index (Phi) is 4.69. The highest BCUT2D eigenvalue weighted by Crippen LogP contribution is 2.34. The molecule has 3 aromatic rings. The van der Waals surface area contributed by atoms with Crippen LogP contribution in [0.3, 0.4) is 0 Å². The van der Waals surface area contributed by atoms with Gasteiger partial charge in [0, 0.05) is 22.6 Å². The Labute approximate surface area is 168 Å². The summed E-state index contributed by atoms with van der Waals surface area (Å²) in [5.74, 6) is -0.668. The second kappa shape index (κ2) is 7.17. The summed E-state index contributed by atoms with van der Waals surface area (Å²) in [6.45, 7) is 4.28. The summed E-state index contributed by atoms with van der Waals surface area (Å²) in [4.78, 5) is 26.9. The monoisotopic (exact) mass is 388 g/mol. The lowest BCUT2D eigenvalue weighted by molar-refractivity contribution is -0.114. The number of nitrogens with zero attached hydrogens (tertiary/aromatic N) is 1. The first-order chi connectivity index (χ1) is 13.5. The minimum atomic E-state index is -0.579. The topological polar surface area (TPSA) is 63.4 Å². The molecular weight excluding hydrogens is 368 g/mol. The van der Waals surface area contributed by atoms with E-state index in [0.29, 0.717) is 12.1 Å². The number of nitrogens with two attached hydrogens (primary N) is 1. The number of primary amides is 1. The summed E-state index contributed by atoms with van der Waals surface area (Å²) in [5.41, 5.74) is 9.45. The highest BCUT2D eigenvalue weighted by atomic mass is 32.2. The normalized spacial score (nSPS) is 13.0. The van der Waals surface area contributed by atoms with Crippen molar-refractivity contribution >= 4 is 34.3 Å². The molecular formula is C23H20N2O2S. The van der Waals surface area contributed by atoms with Crippen LogP contribution in [-0.2, 0) is 11.3 Å². The van der Waals surface area contributed by atoms with Gasteiger partial charge in [-0.1, -0.05) is 36.9 Å². The maximum Gasteiger partial charge on any atom is 0.254 e. The van der Waals surface area contributed by atoms with Crippen LogP contribution in [0, 0.1) is 0 Å². The first kappa shape index (κ1) is 18.3. The van der Waals surface area contributed by atoms with Crippen molar-refractivity contribution in [1.82, 2.24) is 4.90 Å². The van der Waals surface area contributed by atoms with Gasteiger partial charge < -0.3 is 10.6 Å². The molecule has 1 aliphatic rings. The molecule has 0 atom stereocenters. The van der Waals surface area contributed by atoms with Gasteiger partial charge in [-0.3, -0.25) is 9.59 Å². The first-order valence-electron chi connectivity index (χ1n) is 8.95. The van der Waals surface area contributed by atoms with Crippen LogP contribution in [0.2, 0.25) is 0 Å². The van der Waals surface area contributed by atoms with Crippen molar-refractivity contribution in [3.63, 3.8) is 0 Å². The minimum absolute atomic E-state index is 0.0888. The summed E-state index contributed by atoms with van der Waals surface area (Å²) in [6, 6.07) is 18.6. The maximum absolute atomic E-state index is 12.8. The third-order valence-electron chi connectivity index (χ3n) is 5.13. The van der Waals surface area contributed by atoms with Crippen LogP contribution in [0.15, 0.2) is 71.6 Å². The van der Waals surface area contributed by atoms with Crippen molar-refractivity contribution in [1.29, 1.82) is 0 Å².